The number of benzene rings is 2. The molecular formula is C24H33FN2O5S. The van der Waals surface area contributed by atoms with Crippen LogP contribution in [0.5, 0.6) is 17.2 Å². The molecule has 7 nitrogen and oxygen atoms in total. The van der Waals surface area contributed by atoms with Gasteiger partial charge in [-0.05, 0) is 56.0 Å². The van der Waals surface area contributed by atoms with E-state index in [2.05, 4.69) is 5.32 Å². The summed E-state index contributed by atoms with van der Waals surface area (Å²) < 4.78 is 57.6. The maximum absolute atomic E-state index is 13.4. The molecule has 33 heavy (non-hydrogen) atoms. The first-order chi connectivity index (χ1) is 15.8. The Labute approximate surface area is 195 Å². The Kier molecular flexibility index (Phi) is 8.94. The first-order valence-corrected chi connectivity index (χ1v) is 12.7. The van der Waals surface area contributed by atoms with Gasteiger partial charge in [0.05, 0.1) is 14.2 Å². The second-order valence-corrected chi connectivity index (χ2v) is 10.1. The van der Waals surface area contributed by atoms with Gasteiger partial charge in [-0.3, -0.25) is 0 Å². The van der Waals surface area contributed by atoms with E-state index in [1.807, 2.05) is 13.0 Å². The third-order valence-electron chi connectivity index (χ3n) is 5.68. The number of nitrogens with zero attached hydrogens (tertiary/aromatic N) is 1. The molecular weight excluding hydrogens is 447 g/mol. The molecule has 9 heteroatoms. The SMILES string of the molecule is COc1ccc(F)cc1OCCNC(C)Cc1ccc(OC)c(S(=O)(=O)N2CCCCC2)c1. The second kappa shape index (κ2) is 11.7. The number of piperidine rings is 1. The molecule has 182 valence electrons. The summed E-state index contributed by atoms with van der Waals surface area (Å²) in [5.74, 6) is 0.809. The number of nitrogens with one attached hydrogen (secondary N) is 1. The summed E-state index contributed by atoms with van der Waals surface area (Å²) in [6.07, 6.45) is 3.45. The fourth-order valence-electron chi connectivity index (χ4n) is 3.95. The number of methoxy groups -OCH3 is 2. The van der Waals surface area contributed by atoms with Crippen LogP contribution in [0.1, 0.15) is 31.7 Å². The van der Waals surface area contributed by atoms with Crippen molar-refractivity contribution in [1.29, 1.82) is 0 Å². The first-order valence-electron chi connectivity index (χ1n) is 11.2. The van der Waals surface area contributed by atoms with Crippen LogP contribution in [-0.4, -0.2) is 59.2 Å². The fourth-order valence-corrected chi connectivity index (χ4v) is 5.67. The summed E-state index contributed by atoms with van der Waals surface area (Å²) in [6, 6.07) is 9.54. The monoisotopic (exact) mass is 480 g/mol. The van der Waals surface area contributed by atoms with Gasteiger partial charge in [0, 0.05) is 31.7 Å². The van der Waals surface area contributed by atoms with Crippen molar-refractivity contribution < 1.29 is 27.0 Å². The number of sulfonamides is 1. The summed E-state index contributed by atoms with van der Waals surface area (Å²) in [5, 5.41) is 3.35. The zero-order chi connectivity index (χ0) is 23.8. The molecule has 3 rings (SSSR count). The summed E-state index contributed by atoms with van der Waals surface area (Å²) in [4.78, 5) is 0.220. The topological polar surface area (TPSA) is 77.1 Å². The number of halogens is 1. The predicted molar refractivity (Wildman–Crippen MR) is 125 cm³/mol. The summed E-state index contributed by atoms with van der Waals surface area (Å²) in [7, 11) is -0.602. The Morgan fingerprint density at radius 1 is 1.00 bits per heavy atom. The number of rotatable bonds is 11. The standard InChI is InChI=1S/C24H33FN2O5S/c1-18(26-11-14-32-23-17-20(25)8-10-21(23)30-2)15-19-7-9-22(31-3)24(16-19)33(28,29)27-12-5-4-6-13-27/h7-10,16-18,26H,4-6,11-15H2,1-3H3. The Morgan fingerprint density at radius 2 is 1.70 bits per heavy atom. The minimum atomic E-state index is -3.60. The highest BCUT2D eigenvalue weighted by Gasteiger charge is 2.29. The Bertz CT molecular complexity index is 1030. The minimum absolute atomic E-state index is 0.0712. The molecule has 0 amide bonds. The van der Waals surface area contributed by atoms with Crippen molar-refractivity contribution in [2.75, 3.05) is 40.5 Å². The highest BCUT2D eigenvalue weighted by Crippen LogP contribution is 2.30. The molecule has 1 saturated heterocycles. The third-order valence-corrected chi connectivity index (χ3v) is 7.60. The van der Waals surface area contributed by atoms with Crippen molar-refractivity contribution in [3.8, 4) is 17.2 Å². The van der Waals surface area contributed by atoms with Gasteiger partial charge >= 0.3 is 0 Å². The van der Waals surface area contributed by atoms with Gasteiger partial charge in [0.2, 0.25) is 10.0 Å². The molecule has 0 radical (unpaired) electrons. The smallest absolute Gasteiger partial charge is 0.246 e. The summed E-state index contributed by atoms with van der Waals surface area (Å²) >= 11 is 0. The van der Waals surface area contributed by atoms with Crippen molar-refractivity contribution in [2.24, 2.45) is 0 Å². The Balaban J connectivity index is 1.59. The molecule has 0 saturated carbocycles. The van der Waals surface area contributed by atoms with E-state index in [1.165, 1.54) is 32.4 Å². The van der Waals surface area contributed by atoms with E-state index in [1.54, 1.807) is 16.4 Å². The molecule has 0 bridgehead atoms. The quantitative estimate of drug-likeness (QED) is 0.495. The van der Waals surface area contributed by atoms with E-state index in [0.29, 0.717) is 49.9 Å². The van der Waals surface area contributed by atoms with E-state index in [4.69, 9.17) is 14.2 Å². The predicted octanol–water partition coefficient (Wildman–Crippen LogP) is 3.62. The van der Waals surface area contributed by atoms with Gasteiger partial charge in [-0.15, -0.1) is 0 Å². The highest BCUT2D eigenvalue weighted by atomic mass is 32.2. The van der Waals surface area contributed by atoms with Gasteiger partial charge in [-0.25, -0.2) is 12.8 Å². The lowest BCUT2D eigenvalue weighted by atomic mass is 10.1. The van der Waals surface area contributed by atoms with Crippen LogP contribution in [0.25, 0.3) is 0 Å². The molecule has 2 aromatic carbocycles. The van der Waals surface area contributed by atoms with Crippen molar-refractivity contribution in [3.05, 3.63) is 47.8 Å². The van der Waals surface area contributed by atoms with Gasteiger partial charge in [0.25, 0.3) is 0 Å². The molecule has 0 spiro atoms. The van der Waals surface area contributed by atoms with Crippen LogP contribution in [0.15, 0.2) is 41.3 Å². The number of hydrogen-bond acceptors (Lipinski definition) is 6. The zero-order valence-corrected chi connectivity index (χ0v) is 20.3. The van der Waals surface area contributed by atoms with E-state index in [0.717, 1.165) is 24.8 Å². The Morgan fingerprint density at radius 3 is 2.39 bits per heavy atom. The molecule has 0 aliphatic carbocycles. The third kappa shape index (κ3) is 6.59. The lowest BCUT2D eigenvalue weighted by Crippen LogP contribution is -2.36. The van der Waals surface area contributed by atoms with Gasteiger partial charge < -0.3 is 19.5 Å². The largest absolute Gasteiger partial charge is 0.495 e. The first kappa shape index (κ1) is 25.3. The molecule has 1 fully saturated rings. The van der Waals surface area contributed by atoms with Crippen LogP contribution in [0.3, 0.4) is 0 Å². The minimum Gasteiger partial charge on any atom is -0.495 e. The van der Waals surface area contributed by atoms with Crippen LogP contribution in [0.2, 0.25) is 0 Å². The van der Waals surface area contributed by atoms with E-state index < -0.39 is 10.0 Å². The summed E-state index contributed by atoms with van der Waals surface area (Å²) in [5.41, 5.74) is 0.902. The van der Waals surface area contributed by atoms with E-state index in [-0.39, 0.29) is 16.8 Å². The lowest BCUT2D eigenvalue weighted by molar-refractivity contribution is 0.285. The van der Waals surface area contributed by atoms with Crippen LogP contribution in [0, 0.1) is 5.82 Å². The molecule has 1 unspecified atom stereocenters. The van der Waals surface area contributed by atoms with Gasteiger partial charge in [0.1, 0.15) is 23.1 Å². The Hall–Kier alpha value is -2.36. The van der Waals surface area contributed by atoms with Crippen molar-refractivity contribution in [2.45, 2.75) is 43.5 Å². The van der Waals surface area contributed by atoms with Gasteiger partial charge in [-0.2, -0.15) is 4.31 Å². The summed E-state index contributed by atoms with van der Waals surface area (Å²) in [6.45, 7) is 3.98. The number of hydrogen-bond donors (Lipinski definition) is 1. The average Bonchev–Trinajstić information content (AvgIpc) is 2.82. The maximum atomic E-state index is 13.4. The van der Waals surface area contributed by atoms with E-state index in [9.17, 15) is 12.8 Å². The lowest BCUT2D eigenvalue weighted by Gasteiger charge is -2.27. The van der Waals surface area contributed by atoms with Crippen molar-refractivity contribution in [3.63, 3.8) is 0 Å². The van der Waals surface area contributed by atoms with Crippen molar-refractivity contribution in [1.82, 2.24) is 9.62 Å². The zero-order valence-electron chi connectivity index (χ0n) is 19.5. The van der Waals surface area contributed by atoms with Crippen molar-refractivity contribution >= 4 is 10.0 Å². The fraction of sp³-hybridized carbons (Fsp3) is 0.500. The second-order valence-electron chi connectivity index (χ2n) is 8.15. The molecule has 1 atom stereocenters. The van der Waals surface area contributed by atoms with Crippen LogP contribution in [0.4, 0.5) is 4.39 Å². The molecule has 0 aromatic heterocycles. The molecule has 2 aromatic rings. The number of ether oxygens (including phenoxy) is 3. The van der Waals surface area contributed by atoms with Gasteiger partial charge in [-0.1, -0.05) is 12.5 Å². The maximum Gasteiger partial charge on any atom is 0.246 e. The highest BCUT2D eigenvalue weighted by molar-refractivity contribution is 7.89. The molecule has 1 N–H and O–H groups in total. The van der Waals surface area contributed by atoms with Crippen LogP contribution >= 0.6 is 0 Å². The molecule has 1 aliphatic heterocycles. The molecule has 1 aliphatic rings. The normalized spacial score (nSPS) is 15.8. The molecule has 1 heterocycles. The van der Waals surface area contributed by atoms with E-state index >= 15 is 0 Å². The average molecular weight is 481 g/mol. The van der Waals surface area contributed by atoms with Crippen LogP contribution in [-0.2, 0) is 16.4 Å². The van der Waals surface area contributed by atoms with Crippen LogP contribution < -0.4 is 19.5 Å². The van der Waals surface area contributed by atoms with Gasteiger partial charge in [0.15, 0.2) is 11.5 Å².